The minimum Gasteiger partial charge on any atom is -0.303 e. The number of fused-ring (bicyclic) bond motifs is 1. The van der Waals surface area contributed by atoms with Gasteiger partial charge in [0.05, 0.1) is 5.56 Å². The lowest BCUT2D eigenvalue weighted by atomic mass is 10.0. The molecule has 0 aliphatic heterocycles. The fraction of sp³-hybridized carbons (Fsp3) is 0.294. The second-order valence-corrected chi connectivity index (χ2v) is 6.62. The summed E-state index contributed by atoms with van der Waals surface area (Å²) >= 11 is 6.18. The molecule has 0 spiro atoms. The molecule has 8 heteroatoms. The summed E-state index contributed by atoms with van der Waals surface area (Å²) in [5.74, 6) is 0. The van der Waals surface area contributed by atoms with Crippen molar-refractivity contribution in [1.29, 1.82) is 0 Å². The van der Waals surface area contributed by atoms with Gasteiger partial charge in [0.25, 0.3) is 0 Å². The van der Waals surface area contributed by atoms with Crippen LogP contribution in [-0.4, -0.2) is 10.3 Å². The maximum Gasteiger partial charge on any atom is 0.416 e. The molecule has 1 aliphatic carbocycles. The van der Waals surface area contributed by atoms with E-state index in [-0.39, 0.29) is 0 Å². The lowest BCUT2D eigenvalue weighted by Crippen LogP contribution is -2.29. The first-order valence-corrected chi connectivity index (χ1v) is 8.09. The van der Waals surface area contributed by atoms with Gasteiger partial charge in [-0.05, 0) is 64.6 Å². The third-order valence-corrected chi connectivity index (χ3v) is 4.84. The average Bonchev–Trinajstić information content (AvgIpc) is 3.21. The second-order valence-electron chi connectivity index (χ2n) is 6.22. The first-order chi connectivity index (χ1) is 11.9. The van der Waals surface area contributed by atoms with Crippen molar-refractivity contribution < 1.29 is 17.8 Å². The van der Waals surface area contributed by atoms with Crippen LogP contribution in [0.25, 0.3) is 11.0 Å². The summed E-state index contributed by atoms with van der Waals surface area (Å²) in [6, 6.07) is 8.97. The van der Waals surface area contributed by atoms with Crippen LogP contribution in [0.3, 0.4) is 0 Å². The van der Waals surface area contributed by atoms with Crippen molar-refractivity contribution in [1.82, 2.24) is 15.6 Å². The quantitative estimate of drug-likeness (QED) is 0.727. The number of nitrogens with one attached hydrogen (secondary N) is 1. The van der Waals surface area contributed by atoms with Gasteiger partial charge in [0.2, 0.25) is 0 Å². The molecule has 1 aliphatic rings. The Morgan fingerprint density at radius 3 is 2.56 bits per heavy atom. The van der Waals surface area contributed by atoms with Gasteiger partial charge < -0.3 is 5.32 Å². The second kappa shape index (κ2) is 5.71. The van der Waals surface area contributed by atoms with Gasteiger partial charge in [-0.1, -0.05) is 17.7 Å². The van der Waals surface area contributed by atoms with Crippen LogP contribution in [0.15, 0.2) is 41.0 Å². The molecule has 0 amide bonds. The Labute approximate surface area is 145 Å². The Kier molecular flexibility index (Phi) is 3.73. The topological polar surface area (TPSA) is 51.0 Å². The van der Waals surface area contributed by atoms with Crippen molar-refractivity contribution in [3.63, 3.8) is 0 Å². The van der Waals surface area contributed by atoms with Crippen LogP contribution in [0.1, 0.15) is 29.5 Å². The highest BCUT2D eigenvalue weighted by atomic mass is 35.5. The smallest absolute Gasteiger partial charge is 0.303 e. The number of nitrogens with zero attached hydrogens (tertiary/aromatic N) is 2. The molecule has 25 heavy (non-hydrogen) atoms. The highest BCUT2D eigenvalue weighted by molar-refractivity contribution is 6.31. The number of hydrogen-bond acceptors (Lipinski definition) is 4. The van der Waals surface area contributed by atoms with Crippen molar-refractivity contribution in [3.8, 4) is 0 Å². The van der Waals surface area contributed by atoms with Crippen LogP contribution in [0.5, 0.6) is 0 Å². The summed E-state index contributed by atoms with van der Waals surface area (Å²) in [7, 11) is 0. The van der Waals surface area contributed by atoms with Crippen molar-refractivity contribution in [3.05, 3.63) is 58.1 Å². The molecule has 1 fully saturated rings. The van der Waals surface area contributed by atoms with Gasteiger partial charge in [-0.2, -0.15) is 13.2 Å². The molecular weight excluding hydrogens is 355 g/mol. The number of benzene rings is 2. The molecule has 4 nitrogen and oxygen atoms in total. The summed E-state index contributed by atoms with van der Waals surface area (Å²) in [5.41, 5.74) is 1.53. The monoisotopic (exact) mass is 367 g/mol. The zero-order valence-corrected chi connectivity index (χ0v) is 13.7. The predicted molar refractivity (Wildman–Crippen MR) is 86.0 cm³/mol. The Morgan fingerprint density at radius 2 is 1.84 bits per heavy atom. The molecule has 4 rings (SSSR count). The predicted octanol–water partition coefficient (Wildman–Crippen LogP) is 4.67. The Bertz CT molecular complexity index is 934. The molecule has 1 saturated carbocycles. The fourth-order valence-electron chi connectivity index (χ4n) is 2.94. The van der Waals surface area contributed by atoms with Gasteiger partial charge in [-0.15, -0.1) is 0 Å². The lowest BCUT2D eigenvalue weighted by Gasteiger charge is -2.21. The van der Waals surface area contributed by atoms with Gasteiger partial charge in [0.1, 0.15) is 11.0 Å². The molecule has 0 unspecified atom stereocenters. The maximum atomic E-state index is 13.0. The third-order valence-electron chi connectivity index (χ3n) is 4.51. The minimum atomic E-state index is -4.39. The van der Waals surface area contributed by atoms with Crippen LogP contribution < -0.4 is 5.32 Å². The van der Waals surface area contributed by atoms with E-state index in [1.165, 1.54) is 6.07 Å². The van der Waals surface area contributed by atoms with E-state index in [0.29, 0.717) is 28.2 Å². The van der Waals surface area contributed by atoms with E-state index in [1.807, 2.05) is 12.1 Å². The van der Waals surface area contributed by atoms with E-state index in [1.54, 1.807) is 6.07 Å². The summed E-state index contributed by atoms with van der Waals surface area (Å²) in [6.45, 7) is 0.482. The van der Waals surface area contributed by atoms with Crippen LogP contribution in [0, 0.1) is 0 Å². The molecule has 0 atom stereocenters. The van der Waals surface area contributed by atoms with Gasteiger partial charge >= 0.3 is 6.18 Å². The minimum absolute atomic E-state index is 0.342. The van der Waals surface area contributed by atoms with E-state index in [4.69, 9.17) is 11.6 Å². The summed E-state index contributed by atoms with van der Waals surface area (Å²) in [4.78, 5) is 0. The summed E-state index contributed by atoms with van der Waals surface area (Å²) < 4.78 is 43.6. The van der Waals surface area contributed by atoms with Gasteiger partial charge in [-0.3, -0.25) is 0 Å². The van der Waals surface area contributed by atoms with Crippen molar-refractivity contribution in [2.24, 2.45) is 0 Å². The molecule has 0 saturated heterocycles. The maximum absolute atomic E-state index is 13.0. The molecule has 130 valence electrons. The van der Waals surface area contributed by atoms with Gasteiger partial charge in [0, 0.05) is 17.1 Å². The normalized spacial score (nSPS) is 16.3. The molecule has 1 heterocycles. The van der Waals surface area contributed by atoms with E-state index in [9.17, 15) is 13.2 Å². The van der Waals surface area contributed by atoms with Crippen LogP contribution in [0.2, 0.25) is 5.02 Å². The van der Waals surface area contributed by atoms with Crippen molar-refractivity contribution >= 4 is 22.6 Å². The summed E-state index contributed by atoms with van der Waals surface area (Å²) in [6.07, 6.45) is -2.91. The van der Waals surface area contributed by atoms with Crippen molar-refractivity contribution in [2.45, 2.75) is 31.1 Å². The molecule has 0 bridgehead atoms. The number of hydrogen-bond donors (Lipinski definition) is 1. The standard InChI is InChI=1S/C17H13ClF3N3O/c18-13-3-2-11(17(19,20)21)8-12(13)16(5-6-16)22-9-10-1-4-14-15(7-10)24-25-23-14/h1-4,7-8,22H,5-6,9H2. The Hall–Kier alpha value is -2.12. The first-order valence-electron chi connectivity index (χ1n) is 7.71. The summed E-state index contributed by atoms with van der Waals surface area (Å²) in [5, 5.41) is 11.2. The molecule has 2 aromatic carbocycles. The molecule has 1 aromatic heterocycles. The average molecular weight is 368 g/mol. The van der Waals surface area contributed by atoms with Crippen LogP contribution in [0.4, 0.5) is 13.2 Å². The SMILES string of the molecule is FC(F)(F)c1ccc(Cl)c(C2(NCc3ccc4nonc4c3)CC2)c1. The zero-order valence-electron chi connectivity index (χ0n) is 12.9. The Balaban J connectivity index is 1.58. The number of aromatic nitrogens is 2. The molecule has 0 radical (unpaired) electrons. The van der Waals surface area contributed by atoms with E-state index in [2.05, 4.69) is 20.3 Å². The largest absolute Gasteiger partial charge is 0.416 e. The molecule has 3 aromatic rings. The number of rotatable bonds is 4. The molecule has 1 N–H and O–H groups in total. The first kappa shape index (κ1) is 16.4. The third kappa shape index (κ3) is 3.09. The van der Waals surface area contributed by atoms with Crippen LogP contribution >= 0.6 is 11.6 Å². The highest BCUT2D eigenvalue weighted by Gasteiger charge is 2.46. The van der Waals surface area contributed by atoms with Crippen molar-refractivity contribution in [2.75, 3.05) is 0 Å². The van der Waals surface area contributed by atoms with Gasteiger partial charge in [-0.25, -0.2) is 4.63 Å². The Morgan fingerprint density at radius 1 is 1.08 bits per heavy atom. The van der Waals surface area contributed by atoms with Crippen LogP contribution in [-0.2, 0) is 18.3 Å². The fourth-order valence-corrected chi connectivity index (χ4v) is 3.24. The zero-order chi connectivity index (χ0) is 17.7. The highest BCUT2D eigenvalue weighted by Crippen LogP contribution is 2.49. The van der Waals surface area contributed by atoms with E-state index >= 15 is 0 Å². The number of halogens is 4. The lowest BCUT2D eigenvalue weighted by molar-refractivity contribution is -0.137. The number of alkyl halides is 3. The van der Waals surface area contributed by atoms with E-state index < -0.39 is 17.3 Å². The molecular formula is C17H13ClF3N3O. The van der Waals surface area contributed by atoms with E-state index in [0.717, 1.165) is 30.5 Å². The van der Waals surface area contributed by atoms with Gasteiger partial charge in [0.15, 0.2) is 0 Å².